The largest absolute Gasteiger partial charge is 0.337 e. The number of hydrogen-bond donors (Lipinski definition) is 0. The minimum atomic E-state index is -3.60. The Morgan fingerprint density at radius 3 is 2.40 bits per heavy atom. The highest BCUT2D eigenvalue weighted by molar-refractivity contribution is 7.88. The van der Waals surface area contributed by atoms with Crippen LogP contribution in [-0.2, 0) is 19.6 Å². The van der Waals surface area contributed by atoms with Crippen LogP contribution in [0.1, 0.15) is 46.5 Å². The molecule has 0 aliphatic carbocycles. The predicted molar refractivity (Wildman–Crippen MR) is 96.4 cm³/mol. The standard InChI is InChI=1S/C17H31N3O4S/c1-5-8-13-16-14(20(17(13)22)25(4,23)24)9-12-19(16)15(21)10-11-18(6-2)7-3/h13-14,16H,5-12H2,1-4H3/t13-,14+,16-/m1/s1. The first kappa shape index (κ1) is 20.2. The molecule has 0 unspecified atom stereocenters. The summed E-state index contributed by atoms with van der Waals surface area (Å²) in [5.74, 6) is -0.700. The summed E-state index contributed by atoms with van der Waals surface area (Å²) in [4.78, 5) is 29.4. The van der Waals surface area contributed by atoms with Crippen LogP contribution in [0.4, 0.5) is 0 Å². The van der Waals surface area contributed by atoms with Crippen molar-refractivity contribution in [1.82, 2.24) is 14.1 Å². The van der Waals surface area contributed by atoms with E-state index >= 15 is 0 Å². The fourth-order valence-corrected chi connectivity index (χ4v) is 5.44. The lowest BCUT2D eigenvalue weighted by Crippen LogP contribution is -2.44. The van der Waals surface area contributed by atoms with Crippen LogP contribution < -0.4 is 0 Å². The van der Waals surface area contributed by atoms with Crippen LogP contribution in [0.25, 0.3) is 0 Å². The van der Waals surface area contributed by atoms with Crippen LogP contribution in [0, 0.1) is 5.92 Å². The van der Waals surface area contributed by atoms with Crippen molar-refractivity contribution in [2.24, 2.45) is 5.92 Å². The van der Waals surface area contributed by atoms with E-state index in [2.05, 4.69) is 18.7 Å². The number of sulfonamides is 1. The zero-order valence-electron chi connectivity index (χ0n) is 15.8. The Bertz CT molecular complexity index is 603. The average molecular weight is 374 g/mol. The number of nitrogens with zero attached hydrogens (tertiary/aromatic N) is 3. The number of carbonyl (C=O) groups excluding carboxylic acids is 2. The topological polar surface area (TPSA) is 78.0 Å². The van der Waals surface area contributed by atoms with Gasteiger partial charge in [0.15, 0.2) is 0 Å². The number of hydrogen-bond acceptors (Lipinski definition) is 5. The van der Waals surface area contributed by atoms with E-state index in [0.29, 0.717) is 32.4 Å². The van der Waals surface area contributed by atoms with Gasteiger partial charge in [-0.1, -0.05) is 27.2 Å². The van der Waals surface area contributed by atoms with E-state index < -0.39 is 22.0 Å². The quantitative estimate of drug-likeness (QED) is 0.632. The molecule has 144 valence electrons. The van der Waals surface area contributed by atoms with Gasteiger partial charge < -0.3 is 9.80 Å². The van der Waals surface area contributed by atoms with Crippen molar-refractivity contribution in [1.29, 1.82) is 0 Å². The smallest absolute Gasteiger partial charge is 0.241 e. The molecule has 25 heavy (non-hydrogen) atoms. The Morgan fingerprint density at radius 1 is 1.24 bits per heavy atom. The zero-order chi connectivity index (χ0) is 18.8. The minimum Gasteiger partial charge on any atom is -0.337 e. The van der Waals surface area contributed by atoms with Gasteiger partial charge in [0.2, 0.25) is 21.8 Å². The molecule has 0 bridgehead atoms. The summed E-state index contributed by atoms with van der Waals surface area (Å²) in [6.45, 7) is 9.14. The average Bonchev–Trinajstić information content (AvgIpc) is 3.06. The maximum Gasteiger partial charge on any atom is 0.241 e. The van der Waals surface area contributed by atoms with Gasteiger partial charge in [0.05, 0.1) is 24.3 Å². The highest BCUT2D eigenvalue weighted by Gasteiger charge is 2.56. The molecule has 2 heterocycles. The normalized spacial score (nSPS) is 26.6. The molecule has 0 radical (unpaired) electrons. The van der Waals surface area contributed by atoms with Crippen molar-refractivity contribution in [3.63, 3.8) is 0 Å². The molecule has 2 amide bonds. The van der Waals surface area contributed by atoms with Gasteiger partial charge in [-0.3, -0.25) is 9.59 Å². The third-order valence-corrected chi connectivity index (χ3v) is 6.65. The van der Waals surface area contributed by atoms with Gasteiger partial charge in [0.25, 0.3) is 0 Å². The summed E-state index contributed by atoms with van der Waals surface area (Å²) in [5.41, 5.74) is 0. The first-order valence-corrected chi connectivity index (χ1v) is 11.2. The van der Waals surface area contributed by atoms with E-state index in [9.17, 15) is 18.0 Å². The molecule has 0 aromatic carbocycles. The first-order valence-electron chi connectivity index (χ1n) is 9.31. The van der Waals surface area contributed by atoms with Crippen molar-refractivity contribution in [2.75, 3.05) is 32.4 Å². The van der Waals surface area contributed by atoms with E-state index in [4.69, 9.17) is 0 Å². The summed E-state index contributed by atoms with van der Waals surface area (Å²) < 4.78 is 25.3. The van der Waals surface area contributed by atoms with Crippen LogP contribution in [0.3, 0.4) is 0 Å². The van der Waals surface area contributed by atoms with Gasteiger partial charge in [-0.15, -0.1) is 0 Å². The maximum absolute atomic E-state index is 12.8. The number of carbonyl (C=O) groups is 2. The van der Waals surface area contributed by atoms with Gasteiger partial charge in [0, 0.05) is 19.5 Å². The molecule has 8 heteroatoms. The highest BCUT2D eigenvalue weighted by atomic mass is 32.2. The Kier molecular flexibility index (Phi) is 6.48. The molecule has 0 saturated carbocycles. The van der Waals surface area contributed by atoms with E-state index in [-0.39, 0.29) is 17.9 Å². The van der Waals surface area contributed by atoms with E-state index in [0.717, 1.165) is 30.1 Å². The lowest BCUT2D eigenvalue weighted by Gasteiger charge is -2.28. The van der Waals surface area contributed by atoms with E-state index in [1.807, 2.05) is 6.92 Å². The molecule has 2 rings (SSSR count). The van der Waals surface area contributed by atoms with Crippen LogP contribution in [-0.4, -0.2) is 78.9 Å². The molecule has 2 saturated heterocycles. The second-order valence-electron chi connectivity index (χ2n) is 7.00. The summed E-state index contributed by atoms with van der Waals surface area (Å²) in [6, 6.07) is -0.692. The van der Waals surface area contributed by atoms with Gasteiger partial charge in [-0.05, 0) is 25.9 Å². The third kappa shape index (κ3) is 4.00. The molecular weight excluding hydrogens is 342 g/mol. The molecule has 3 atom stereocenters. The fraction of sp³-hybridized carbons (Fsp3) is 0.882. The Labute approximate surface area is 151 Å². The van der Waals surface area contributed by atoms with Crippen molar-refractivity contribution in [3.05, 3.63) is 0 Å². The number of likely N-dealkylation sites (tertiary alicyclic amines) is 1. The molecule has 2 aliphatic rings. The van der Waals surface area contributed by atoms with E-state index in [1.165, 1.54) is 0 Å². The summed E-state index contributed by atoms with van der Waals surface area (Å²) >= 11 is 0. The van der Waals surface area contributed by atoms with Gasteiger partial charge in [0.1, 0.15) is 0 Å². The summed E-state index contributed by atoms with van der Waals surface area (Å²) in [7, 11) is -3.60. The van der Waals surface area contributed by atoms with Crippen LogP contribution >= 0.6 is 0 Å². The zero-order valence-corrected chi connectivity index (χ0v) is 16.6. The Morgan fingerprint density at radius 2 is 1.88 bits per heavy atom. The van der Waals surface area contributed by atoms with Gasteiger partial charge in [-0.25, -0.2) is 12.7 Å². The van der Waals surface area contributed by atoms with Crippen molar-refractivity contribution >= 4 is 21.8 Å². The van der Waals surface area contributed by atoms with E-state index in [1.54, 1.807) is 4.90 Å². The molecular formula is C17H31N3O4S. The monoisotopic (exact) mass is 373 g/mol. The number of amides is 2. The summed E-state index contributed by atoms with van der Waals surface area (Å²) in [5, 5.41) is 0. The second-order valence-corrected chi connectivity index (χ2v) is 8.86. The Hall–Kier alpha value is -1.15. The van der Waals surface area contributed by atoms with Gasteiger partial charge >= 0.3 is 0 Å². The summed E-state index contributed by atoms with van der Waals surface area (Å²) in [6.07, 6.45) is 3.45. The van der Waals surface area contributed by atoms with Crippen molar-refractivity contribution in [3.8, 4) is 0 Å². The predicted octanol–water partition coefficient (Wildman–Crippen LogP) is 0.906. The highest BCUT2D eigenvalue weighted by Crippen LogP contribution is 2.40. The molecule has 2 aliphatic heterocycles. The van der Waals surface area contributed by atoms with Crippen molar-refractivity contribution < 1.29 is 18.0 Å². The SMILES string of the molecule is CCC[C@H]1C(=O)N(S(C)(=O)=O)[C@H]2CCN(C(=O)CCN(CC)CC)[C@H]12. The molecule has 2 fully saturated rings. The van der Waals surface area contributed by atoms with Crippen LogP contribution in [0.15, 0.2) is 0 Å². The lowest BCUT2D eigenvalue weighted by atomic mass is 9.94. The minimum absolute atomic E-state index is 0.0312. The fourth-order valence-electron chi connectivity index (χ4n) is 4.26. The second kappa shape index (κ2) is 8.03. The van der Waals surface area contributed by atoms with Gasteiger partial charge in [-0.2, -0.15) is 0 Å². The van der Waals surface area contributed by atoms with Crippen molar-refractivity contribution in [2.45, 2.75) is 58.5 Å². The molecule has 7 nitrogen and oxygen atoms in total. The molecule has 0 spiro atoms. The number of rotatable bonds is 8. The van der Waals surface area contributed by atoms with Crippen LogP contribution in [0.2, 0.25) is 0 Å². The molecule has 0 aromatic rings. The lowest BCUT2D eigenvalue weighted by molar-refractivity contribution is -0.134. The Balaban J connectivity index is 2.18. The molecule has 0 N–H and O–H groups in total. The number of fused-ring (bicyclic) bond motifs is 1. The first-order chi connectivity index (χ1) is 11.8. The van der Waals surface area contributed by atoms with Crippen LogP contribution in [0.5, 0.6) is 0 Å². The molecule has 0 aromatic heterocycles. The maximum atomic E-state index is 12.8. The third-order valence-electron chi connectivity index (χ3n) is 5.48.